The Kier molecular flexibility index (Phi) is 5.49. The summed E-state index contributed by atoms with van der Waals surface area (Å²) in [5.74, 6) is -0.788. The van der Waals surface area contributed by atoms with E-state index in [1.54, 1.807) is 0 Å². The Labute approximate surface area is 157 Å². The van der Waals surface area contributed by atoms with Crippen LogP contribution in [0.4, 0.5) is 5.00 Å². The van der Waals surface area contributed by atoms with E-state index < -0.39 is 5.97 Å². The van der Waals surface area contributed by atoms with Crippen LogP contribution in [0.5, 0.6) is 0 Å². The van der Waals surface area contributed by atoms with Crippen LogP contribution in [-0.4, -0.2) is 19.0 Å². The molecule has 0 unspecified atom stereocenters. The average molecular weight is 404 g/mol. The van der Waals surface area contributed by atoms with Gasteiger partial charge in [-0.15, -0.1) is 22.7 Å². The molecule has 24 heavy (non-hydrogen) atoms. The van der Waals surface area contributed by atoms with Gasteiger partial charge in [0.15, 0.2) is 0 Å². The summed E-state index contributed by atoms with van der Waals surface area (Å²) in [4.78, 5) is 25.9. The Hall–Kier alpha value is -1.08. The first-order valence-corrected chi connectivity index (χ1v) is 9.89. The molecule has 1 aliphatic carbocycles. The number of thiophene rings is 2. The molecule has 0 atom stereocenters. The molecule has 8 heteroatoms. The number of hydrogen-bond donors (Lipinski definition) is 1. The van der Waals surface area contributed by atoms with Gasteiger partial charge in [0.1, 0.15) is 9.34 Å². The van der Waals surface area contributed by atoms with E-state index in [0.29, 0.717) is 24.8 Å². The summed E-state index contributed by atoms with van der Waals surface area (Å²) in [5, 5.41) is 3.34. The van der Waals surface area contributed by atoms with E-state index in [1.165, 1.54) is 24.5 Å². The summed E-state index contributed by atoms with van der Waals surface area (Å²) in [6.45, 7) is 0. The van der Waals surface area contributed by atoms with Gasteiger partial charge in [-0.25, -0.2) is 4.79 Å². The number of carbonyl (C=O) groups excluding carboxylic acids is 2. The zero-order valence-corrected chi connectivity index (χ0v) is 16.1. The molecule has 2 aromatic rings. The zero-order chi connectivity index (χ0) is 17.3. The van der Waals surface area contributed by atoms with Crippen molar-refractivity contribution < 1.29 is 14.3 Å². The van der Waals surface area contributed by atoms with Crippen LogP contribution in [0.15, 0.2) is 6.07 Å². The number of amides is 1. The molecule has 1 amide bonds. The first-order valence-electron chi connectivity index (χ1n) is 7.50. The number of aryl methyl sites for hydroxylation is 1. The number of halogens is 2. The zero-order valence-electron chi connectivity index (χ0n) is 12.9. The molecule has 0 bridgehead atoms. The minimum absolute atomic E-state index is 0.311. The number of anilines is 1. The number of methoxy groups -OCH3 is 1. The molecule has 0 saturated carbocycles. The summed E-state index contributed by atoms with van der Waals surface area (Å²) in [7, 11) is 1.35. The largest absolute Gasteiger partial charge is 0.465 e. The van der Waals surface area contributed by atoms with E-state index >= 15 is 0 Å². The number of rotatable bonds is 3. The van der Waals surface area contributed by atoms with Crippen molar-refractivity contribution in [2.24, 2.45) is 0 Å². The molecule has 3 rings (SSSR count). The lowest BCUT2D eigenvalue weighted by atomic mass is 10.1. The normalized spacial score (nSPS) is 14.0. The minimum Gasteiger partial charge on any atom is -0.465 e. The van der Waals surface area contributed by atoms with Gasteiger partial charge < -0.3 is 10.1 Å². The molecule has 128 valence electrons. The highest BCUT2D eigenvalue weighted by Crippen LogP contribution is 2.39. The third-order valence-corrected chi connectivity index (χ3v) is 6.63. The number of fused-ring (bicyclic) bond motifs is 1. The smallest absolute Gasteiger partial charge is 0.341 e. The molecule has 2 heterocycles. The molecule has 0 aromatic carbocycles. The number of esters is 1. The SMILES string of the molecule is COC(=O)c1c(NC(=O)c2cc(Cl)sc2Cl)sc2c1CCCCC2. The van der Waals surface area contributed by atoms with E-state index in [1.807, 2.05) is 0 Å². The van der Waals surface area contributed by atoms with E-state index in [0.717, 1.165) is 53.9 Å². The maximum atomic E-state index is 12.5. The van der Waals surface area contributed by atoms with E-state index in [9.17, 15) is 9.59 Å². The van der Waals surface area contributed by atoms with Crippen LogP contribution in [0.25, 0.3) is 0 Å². The second-order valence-corrected chi connectivity index (χ2v) is 8.84. The van der Waals surface area contributed by atoms with Crippen molar-refractivity contribution in [3.8, 4) is 0 Å². The van der Waals surface area contributed by atoms with E-state index in [4.69, 9.17) is 27.9 Å². The van der Waals surface area contributed by atoms with Gasteiger partial charge in [0, 0.05) is 4.88 Å². The molecular formula is C16H15Cl2NO3S2. The maximum absolute atomic E-state index is 12.5. The van der Waals surface area contributed by atoms with Crippen molar-refractivity contribution >= 4 is 62.8 Å². The summed E-state index contributed by atoms with van der Waals surface area (Å²) in [5.41, 5.74) is 1.80. The average Bonchev–Trinajstić information content (AvgIpc) is 2.96. The Morgan fingerprint density at radius 3 is 2.58 bits per heavy atom. The van der Waals surface area contributed by atoms with Gasteiger partial charge in [-0.05, 0) is 37.3 Å². The van der Waals surface area contributed by atoms with Gasteiger partial charge in [-0.2, -0.15) is 0 Å². The predicted octanol–water partition coefficient (Wildman–Crippen LogP) is 5.42. The van der Waals surface area contributed by atoms with Crippen LogP contribution < -0.4 is 5.32 Å². The summed E-state index contributed by atoms with van der Waals surface area (Å²) in [6.07, 6.45) is 5.02. The van der Waals surface area contributed by atoms with Crippen LogP contribution in [0.3, 0.4) is 0 Å². The lowest BCUT2D eigenvalue weighted by Gasteiger charge is -2.07. The molecule has 0 spiro atoms. The van der Waals surface area contributed by atoms with E-state index in [2.05, 4.69) is 5.32 Å². The Bertz CT molecular complexity index is 798. The monoisotopic (exact) mass is 403 g/mol. The highest BCUT2D eigenvalue weighted by molar-refractivity contribution is 7.20. The lowest BCUT2D eigenvalue weighted by Crippen LogP contribution is -2.14. The number of nitrogens with one attached hydrogen (secondary N) is 1. The quantitative estimate of drug-likeness (QED) is 0.549. The molecule has 2 aromatic heterocycles. The summed E-state index contributed by atoms with van der Waals surface area (Å²) < 4.78 is 5.70. The Morgan fingerprint density at radius 1 is 1.17 bits per heavy atom. The van der Waals surface area contributed by atoms with Crippen LogP contribution in [0.2, 0.25) is 8.67 Å². The fraction of sp³-hybridized carbons (Fsp3) is 0.375. The van der Waals surface area contributed by atoms with Crippen molar-refractivity contribution in [3.63, 3.8) is 0 Å². The summed E-state index contributed by atoms with van der Waals surface area (Å²) in [6, 6.07) is 1.53. The molecular weight excluding hydrogens is 389 g/mol. The standard InChI is InChI=1S/C16H15Cl2NO3S2/c1-22-16(21)12-8-5-3-2-4-6-10(8)23-15(12)19-14(20)9-7-11(17)24-13(9)18/h7H,2-6H2,1H3,(H,19,20). The third kappa shape index (κ3) is 3.47. The van der Waals surface area contributed by atoms with Crippen molar-refractivity contribution in [2.75, 3.05) is 12.4 Å². The molecule has 1 aliphatic rings. The van der Waals surface area contributed by atoms with Gasteiger partial charge in [-0.1, -0.05) is 29.6 Å². The van der Waals surface area contributed by atoms with Crippen LogP contribution in [0.1, 0.15) is 50.4 Å². The number of ether oxygens (including phenoxy) is 1. The van der Waals surface area contributed by atoms with Crippen LogP contribution in [-0.2, 0) is 17.6 Å². The maximum Gasteiger partial charge on any atom is 0.341 e. The van der Waals surface area contributed by atoms with Crippen molar-refractivity contribution in [3.05, 3.63) is 36.3 Å². The fourth-order valence-electron chi connectivity index (χ4n) is 2.81. The minimum atomic E-state index is -0.417. The molecule has 0 radical (unpaired) electrons. The molecule has 0 saturated heterocycles. The van der Waals surface area contributed by atoms with Crippen LogP contribution >= 0.6 is 45.9 Å². The Morgan fingerprint density at radius 2 is 1.92 bits per heavy atom. The predicted molar refractivity (Wildman–Crippen MR) is 99.2 cm³/mol. The molecule has 0 fully saturated rings. The highest BCUT2D eigenvalue weighted by atomic mass is 35.5. The highest BCUT2D eigenvalue weighted by Gasteiger charge is 2.27. The first-order chi connectivity index (χ1) is 11.5. The van der Waals surface area contributed by atoms with Crippen LogP contribution in [0, 0.1) is 0 Å². The molecule has 1 N–H and O–H groups in total. The lowest BCUT2D eigenvalue weighted by molar-refractivity contribution is 0.0601. The fourth-order valence-corrected chi connectivity index (χ4v) is 5.55. The van der Waals surface area contributed by atoms with Crippen molar-refractivity contribution in [2.45, 2.75) is 32.1 Å². The second kappa shape index (κ2) is 7.44. The second-order valence-electron chi connectivity index (χ2n) is 5.45. The van der Waals surface area contributed by atoms with Gasteiger partial charge in [0.2, 0.25) is 0 Å². The number of hydrogen-bond acceptors (Lipinski definition) is 5. The van der Waals surface area contributed by atoms with Crippen molar-refractivity contribution in [1.29, 1.82) is 0 Å². The molecule has 4 nitrogen and oxygen atoms in total. The van der Waals surface area contributed by atoms with Gasteiger partial charge in [0.25, 0.3) is 5.91 Å². The van der Waals surface area contributed by atoms with E-state index in [-0.39, 0.29) is 5.91 Å². The van der Waals surface area contributed by atoms with Gasteiger partial charge in [-0.3, -0.25) is 4.79 Å². The first kappa shape index (κ1) is 17.7. The van der Waals surface area contributed by atoms with Gasteiger partial charge in [0.05, 0.1) is 22.6 Å². The van der Waals surface area contributed by atoms with Crippen molar-refractivity contribution in [1.82, 2.24) is 0 Å². The number of carbonyl (C=O) groups is 2. The Balaban J connectivity index is 1.96. The molecule has 0 aliphatic heterocycles. The van der Waals surface area contributed by atoms with Gasteiger partial charge >= 0.3 is 5.97 Å². The topological polar surface area (TPSA) is 55.4 Å². The third-order valence-electron chi connectivity index (χ3n) is 3.94. The summed E-state index contributed by atoms with van der Waals surface area (Å²) >= 11 is 14.5.